The zero-order valence-corrected chi connectivity index (χ0v) is 13.1. The molecule has 1 heterocycles. The van der Waals surface area contributed by atoms with E-state index in [-0.39, 0.29) is 0 Å². The Morgan fingerprint density at radius 2 is 2.11 bits per heavy atom. The lowest BCUT2D eigenvalue weighted by molar-refractivity contribution is 0.227. The van der Waals surface area contributed by atoms with Crippen LogP contribution in [0.15, 0.2) is 18.2 Å². The van der Waals surface area contributed by atoms with Crippen LogP contribution in [0.5, 0.6) is 0 Å². The molecule has 0 aliphatic carbocycles. The number of hydrogen-bond acceptors (Lipinski definition) is 2. The van der Waals surface area contributed by atoms with E-state index in [0.29, 0.717) is 22.0 Å². The van der Waals surface area contributed by atoms with Gasteiger partial charge in [0.25, 0.3) is 0 Å². The lowest BCUT2D eigenvalue weighted by atomic mass is 9.93. The molecule has 106 valence electrons. The highest BCUT2D eigenvalue weighted by atomic mass is 35.5. The van der Waals surface area contributed by atoms with Crippen LogP contribution in [0.2, 0.25) is 10.0 Å². The van der Waals surface area contributed by atoms with Crippen molar-refractivity contribution in [2.45, 2.75) is 25.8 Å². The Labute approximate surface area is 126 Å². The van der Waals surface area contributed by atoms with E-state index >= 15 is 0 Å². The highest BCUT2D eigenvalue weighted by Gasteiger charge is 2.34. The Hall–Kier alpha value is -0.280. The quantitative estimate of drug-likeness (QED) is 0.885. The lowest BCUT2D eigenvalue weighted by Gasteiger charge is -2.28. The molecule has 1 N–H and O–H groups in total. The molecule has 0 saturated carbocycles. The van der Waals surface area contributed by atoms with Crippen molar-refractivity contribution in [1.82, 2.24) is 10.2 Å². The monoisotopic (exact) mass is 300 g/mol. The third-order valence-corrected chi connectivity index (χ3v) is 4.63. The second-order valence-corrected chi connectivity index (χ2v) is 6.08. The molecule has 0 amide bonds. The van der Waals surface area contributed by atoms with Crippen molar-refractivity contribution in [1.29, 1.82) is 0 Å². The Bertz CT molecular complexity index is 409. The van der Waals surface area contributed by atoms with Crippen molar-refractivity contribution in [3.63, 3.8) is 0 Å². The number of nitrogens with one attached hydrogen (secondary N) is 1. The van der Waals surface area contributed by atoms with Crippen molar-refractivity contribution in [3.8, 4) is 0 Å². The van der Waals surface area contributed by atoms with Crippen LogP contribution < -0.4 is 5.32 Å². The van der Waals surface area contributed by atoms with Gasteiger partial charge in [-0.15, -0.1) is 0 Å². The van der Waals surface area contributed by atoms with Crippen LogP contribution in [-0.2, 0) is 0 Å². The van der Waals surface area contributed by atoms with Gasteiger partial charge in [0, 0.05) is 6.04 Å². The SMILES string of the molecule is CCCN1CCC(CNC)C1c1ccc(Cl)c(Cl)c1. The number of rotatable bonds is 5. The summed E-state index contributed by atoms with van der Waals surface area (Å²) in [5.74, 6) is 0.647. The molecule has 0 aromatic heterocycles. The summed E-state index contributed by atoms with van der Waals surface area (Å²) in [6, 6.07) is 6.53. The van der Waals surface area contributed by atoms with Crippen LogP contribution in [0.4, 0.5) is 0 Å². The maximum atomic E-state index is 6.18. The molecular weight excluding hydrogens is 279 g/mol. The number of halogens is 2. The van der Waals surface area contributed by atoms with Crippen molar-refractivity contribution >= 4 is 23.2 Å². The molecular formula is C15H22Cl2N2. The first-order valence-corrected chi connectivity index (χ1v) is 7.76. The minimum Gasteiger partial charge on any atom is -0.319 e. The fourth-order valence-corrected chi connectivity index (χ4v) is 3.43. The summed E-state index contributed by atoms with van der Waals surface area (Å²) in [5.41, 5.74) is 1.29. The zero-order chi connectivity index (χ0) is 13.8. The number of nitrogens with zero attached hydrogens (tertiary/aromatic N) is 1. The molecule has 4 heteroatoms. The van der Waals surface area contributed by atoms with E-state index in [0.717, 1.165) is 13.1 Å². The molecule has 2 nitrogen and oxygen atoms in total. The van der Waals surface area contributed by atoms with Crippen LogP contribution in [0.1, 0.15) is 31.4 Å². The molecule has 1 aliphatic rings. The van der Waals surface area contributed by atoms with Crippen molar-refractivity contribution in [2.24, 2.45) is 5.92 Å². The summed E-state index contributed by atoms with van der Waals surface area (Å²) in [5, 5.41) is 4.61. The van der Waals surface area contributed by atoms with E-state index in [4.69, 9.17) is 23.2 Å². The van der Waals surface area contributed by atoms with Gasteiger partial charge in [-0.1, -0.05) is 36.2 Å². The van der Waals surface area contributed by atoms with E-state index in [1.165, 1.54) is 24.9 Å². The minimum atomic E-state index is 0.460. The predicted octanol–water partition coefficient (Wildman–Crippen LogP) is 3.99. The van der Waals surface area contributed by atoms with E-state index in [1.807, 2.05) is 19.2 Å². The maximum Gasteiger partial charge on any atom is 0.0595 e. The second-order valence-electron chi connectivity index (χ2n) is 5.26. The number of likely N-dealkylation sites (tertiary alicyclic amines) is 1. The topological polar surface area (TPSA) is 15.3 Å². The smallest absolute Gasteiger partial charge is 0.0595 e. The predicted molar refractivity (Wildman–Crippen MR) is 83.1 cm³/mol. The van der Waals surface area contributed by atoms with Gasteiger partial charge in [-0.2, -0.15) is 0 Å². The standard InChI is InChI=1S/C15H22Cl2N2/c1-3-7-19-8-6-12(10-18-2)15(19)11-4-5-13(16)14(17)9-11/h4-5,9,12,15,18H,3,6-8,10H2,1-2H3. The summed E-state index contributed by atoms with van der Waals surface area (Å²) in [6.07, 6.45) is 2.43. The molecule has 2 rings (SSSR count). The van der Waals surface area contributed by atoms with Crippen LogP contribution in [0.3, 0.4) is 0 Å². The molecule has 0 radical (unpaired) electrons. The second kappa shape index (κ2) is 6.94. The first-order chi connectivity index (χ1) is 9.17. The Kier molecular flexibility index (Phi) is 5.52. The first kappa shape index (κ1) is 15.1. The highest BCUT2D eigenvalue weighted by molar-refractivity contribution is 6.42. The summed E-state index contributed by atoms with van der Waals surface area (Å²) in [7, 11) is 2.02. The molecule has 1 aromatic carbocycles. The van der Waals surface area contributed by atoms with Crippen LogP contribution in [0, 0.1) is 5.92 Å². The molecule has 0 bridgehead atoms. The minimum absolute atomic E-state index is 0.460. The van der Waals surface area contributed by atoms with E-state index in [9.17, 15) is 0 Å². The van der Waals surface area contributed by atoms with Gasteiger partial charge in [-0.3, -0.25) is 4.90 Å². The molecule has 0 spiro atoms. The third kappa shape index (κ3) is 3.43. The normalized spacial score (nSPS) is 24.0. The van der Waals surface area contributed by atoms with Gasteiger partial charge < -0.3 is 5.32 Å². The highest BCUT2D eigenvalue weighted by Crippen LogP contribution is 2.38. The average Bonchev–Trinajstić information content (AvgIpc) is 2.77. The maximum absolute atomic E-state index is 6.18. The number of hydrogen-bond donors (Lipinski definition) is 1. The van der Waals surface area contributed by atoms with Gasteiger partial charge in [0.2, 0.25) is 0 Å². The summed E-state index contributed by atoms with van der Waals surface area (Å²) in [4.78, 5) is 2.57. The van der Waals surface area contributed by atoms with Gasteiger partial charge in [-0.25, -0.2) is 0 Å². The molecule has 2 unspecified atom stereocenters. The van der Waals surface area contributed by atoms with Crippen LogP contribution in [-0.4, -0.2) is 31.6 Å². The molecule has 1 fully saturated rings. The third-order valence-electron chi connectivity index (χ3n) is 3.89. The average molecular weight is 301 g/mol. The van der Waals surface area contributed by atoms with Gasteiger partial charge >= 0.3 is 0 Å². The van der Waals surface area contributed by atoms with Crippen LogP contribution >= 0.6 is 23.2 Å². The summed E-state index contributed by atoms with van der Waals surface area (Å²) < 4.78 is 0. The molecule has 2 atom stereocenters. The largest absolute Gasteiger partial charge is 0.319 e. The zero-order valence-electron chi connectivity index (χ0n) is 11.6. The lowest BCUT2D eigenvalue weighted by Crippen LogP contribution is -2.29. The van der Waals surface area contributed by atoms with E-state index in [2.05, 4.69) is 23.2 Å². The molecule has 1 saturated heterocycles. The fraction of sp³-hybridized carbons (Fsp3) is 0.600. The van der Waals surface area contributed by atoms with Crippen molar-refractivity contribution in [3.05, 3.63) is 33.8 Å². The first-order valence-electron chi connectivity index (χ1n) is 7.01. The summed E-state index contributed by atoms with van der Waals surface area (Å²) in [6.45, 7) is 5.60. The Morgan fingerprint density at radius 3 is 2.74 bits per heavy atom. The molecule has 1 aliphatic heterocycles. The fourth-order valence-electron chi connectivity index (χ4n) is 3.12. The van der Waals surface area contributed by atoms with E-state index in [1.54, 1.807) is 0 Å². The van der Waals surface area contributed by atoms with Gasteiger partial charge in [-0.05, 0) is 63.1 Å². The Balaban J connectivity index is 2.26. The Morgan fingerprint density at radius 1 is 1.32 bits per heavy atom. The molecule has 19 heavy (non-hydrogen) atoms. The number of benzene rings is 1. The van der Waals surface area contributed by atoms with Crippen molar-refractivity contribution < 1.29 is 0 Å². The van der Waals surface area contributed by atoms with Gasteiger partial charge in [0.15, 0.2) is 0 Å². The van der Waals surface area contributed by atoms with E-state index < -0.39 is 0 Å². The van der Waals surface area contributed by atoms with Crippen molar-refractivity contribution in [2.75, 3.05) is 26.7 Å². The molecule has 1 aromatic rings. The van der Waals surface area contributed by atoms with Gasteiger partial charge in [0.05, 0.1) is 10.0 Å². The summed E-state index contributed by atoms with van der Waals surface area (Å²) >= 11 is 12.2. The van der Waals surface area contributed by atoms with Gasteiger partial charge in [0.1, 0.15) is 0 Å². The van der Waals surface area contributed by atoms with Crippen LogP contribution in [0.25, 0.3) is 0 Å².